The van der Waals surface area contributed by atoms with Crippen molar-refractivity contribution in [3.05, 3.63) is 28.6 Å². The minimum atomic E-state index is -0.977. The van der Waals surface area contributed by atoms with Crippen LogP contribution in [0, 0.1) is 5.92 Å². The largest absolute Gasteiger partial charge is 0.480 e. The molecule has 0 aliphatic heterocycles. The Labute approximate surface area is 123 Å². The molecule has 1 aliphatic rings. The molecule has 0 aromatic carbocycles. The van der Waals surface area contributed by atoms with E-state index in [-0.39, 0.29) is 11.6 Å². The second-order valence-electron chi connectivity index (χ2n) is 4.64. The molecule has 2 aromatic rings. The number of carboxylic acid groups (broad SMARTS) is 1. The van der Waals surface area contributed by atoms with Gasteiger partial charge in [0.15, 0.2) is 0 Å². The topological polar surface area (TPSA) is 79.3 Å². The molecule has 1 saturated carbocycles. The van der Waals surface area contributed by atoms with E-state index in [0.29, 0.717) is 0 Å². The summed E-state index contributed by atoms with van der Waals surface area (Å²) in [6, 6.07) is 3.07. The molecule has 0 bridgehead atoms. The van der Waals surface area contributed by atoms with Gasteiger partial charge in [-0.05, 0) is 30.2 Å². The first kappa shape index (κ1) is 13.3. The van der Waals surface area contributed by atoms with Gasteiger partial charge in [0.2, 0.25) is 0 Å². The van der Waals surface area contributed by atoms with Gasteiger partial charge in [0.1, 0.15) is 16.7 Å². The van der Waals surface area contributed by atoms with Crippen molar-refractivity contribution in [2.75, 3.05) is 0 Å². The van der Waals surface area contributed by atoms with Crippen LogP contribution in [0.3, 0.4) is 0 Å². The zero-order valence-electron chi connectivity index (χ0n) is 10.4. The Bertz CT molecular complexity index is 632. The van der Waals surface area contributed by atoms with Crippen molar-refractivity contribution in [1.82, 2.24) is 10.3 Å². The van der Waals surface area contributed by atoms with E-state index in [2.05, 4.69) is 10.3 Å². The van der Waals surface area contributed by atoms with Gasteiger partial charge in [-0.15, -0.1) is 22.7 Å². The lowest BCUT2D eigenvalue weighted by Crippen LogP contribution is -2.42. The molecule has 20 heavy (non-hydrogen) atoms. The van der Waals surface area contributed by atoms with Gasteiger partial charge in [-0.2, -0.15) is 0 Å². The smallest absolute Gasteiger partial charge is 0.326 e. The molecular formula is C13H12N2O3S2. The minimum Gasteiger partial charge on any atom is -0.480 e. The van der Waals surface area contributed by atoms with Crippen molar-refractivity contribution in [3.8, 4) is 9.88 Å². The monoisotopic (exact) mass is 308 g/mol. The summed E-state index contributed by atoms with van der Waals surface area (Å²) in [5, 5.41) is 16.1. The van der Waals surface area contributed by atoms with Gasteiger partial charge < -0.3 is 10.4 Å². The number of hydrogen-bond acceptors (Lipinski definition) is 5. The summed E-state index contributed by atoms with van der Waals surface area (Å²) in [6.45, 7) is 0. The molecule has 0 saturated heterocycles. The first-order valence-corrected chi connectivity index (χ1v) is 7.94. The average Bonchev–Trinajstić information content (AvgIpc) is 2.94. The summed E-state index contributed by atoms with van der Waals surface area (Å²) >= 11 is 2.94. The summed E-state index contributed by atoms with van der Waals surface area (Å²) in [5.41, 5.74) is 0.283. The summed E-state index contributed by atoms with van der Waals surface area (Å²) in [4.78, 5) is 28.4. The fraction of sp³-hybridized carbons (Fsp3) is 0.308. The molecule has 7 heteroatoms. The number of thiophene rings is 1. The number of nitrogens with one attached hydrogen (secondary N) is 1. The zero-order valence-corrected chi connectivity index (χ0v) is 12.0. The Morgan fingerprint density at radius 2 is 2.20 bits per heavy atom. The second-order valence-corrected chi connectivity index (χ2v) is 6.45. The number of aromatic nitrogens is 1. The third-order valence-electron chi connectivity index (χ3n) is 3.11. The fourth-order valence-electron chi connectivity index (χ4n) is 1.92. The Morgan fingerprint density at radius 1 is 1.40 bits per heavy atom. The lowest BCUT2D eigenvalue weighted by atomic mass is 10.2. The predicted octanol–water partition coefficient (Wildman–Crippen LogP) is 2.46. The Hall–Kier alpha value is -1.73. The lowest BCUT2D eigenvalue weighted by molar-refractivity contribution is -0.139. The standard InChI is InChI=1S/C13H12N2O3S2/c16-11(15-10(13(17)18)7-3-4-7)8-6-20-12(14-8)9-2-1-5-19-9/h1-2,5-7,10H,3-4H2,(H,15,16)(H,17,18). The van der Waals surface area contributed by atoms with Crippen LogP contribution in [0.4, 0.5) is 0 Å². The molecule has 1 atom stereocenters. The number of carbonyl (C=O) groups is 2. The summed E-state index contributed by atoms with van der Waals surface area (Å²) in [7, 11) is 0. The highest BCUT2D eigenvalue weighted by Gasteiger charge is 2.37. The molecule has 1 fully saturated rings. The van der Waals surface area contributed by atoms with E-state index in [1.807, 2.05) is 17.5 Å². The number of nitrogens with zero attached hydrogens (tertiary/aromatic N) is 1. The van der Waals surface area contributed by atoms with Crippen LogP contribution in [-0.4, -0.2) is 28.0 Å². The van der Waals surface area contributed by atoms with Gasteiger partial charge in [0, 0.05) is 5.38 Å². The van der Waals surface area contributed by atoms with Crippen molar-refractivity contribution in [2.24, 2.45) is 5.92 Å². The molecule has 1 amide bonds. The van der Waals surface area contributed by atoms with Crippen molar-refractivity contribution in [1.29, 1.82) is 0 Å². The molecule has 0 radical (unpaired) electrons. The highest BCUT2D eigenvalue weighted by Crippen LogP contribution is 2.33. The molecule has 1 unspecified atom stereocenters. The van der Waals surface area contributed by atoms with Crippen LogP contribution in [0.5, 0.6) is 0 Å². The Balaban J connectivity index is 1.72. The molecule has 2 aromatic heterocycles. The van der Waals surface area contributed by atoms with Gasteiger partial charge >= 0.3 is 5.97 Å². The molecule has 104 valence electrons. The van der Waals surface area contributed by atoms with Gasteiger partial charge in [0.05, 0.1) is 4.88 Å². The average molecular weight is 308 g/mol. The van der Waals surface area contributed by atoms with Crippen LogP contribution in [0.25, 0.3) is 9.88 Å². The molecule has 2 heterocycles. The maximum absolute atomic E-state index is 12.0. The Morgan fingerprint density at radius 3 is 2.80 bits per heavy atom. The van der Waals surface area contributed by atoms with Crippen LogP contribution >= 0.6 is 22.7 Å². The number of amides is 1. The number of aliphatic carboxylic acids is 1. The molecule has 3 rings (SSSR count). The summed E-state index contributed by atoms with van der Waals surface area (Å²) < 4.78 is 0. The van der Waals surface area contributed by atoms with E-state index in [9.17, 15) is 9.59 Å². The lowest BCUT2D eigenvalue weighted by Gasteiger charge is -2.12. The van der Waals surface area contributed by atoms with Gasteiger partial charge in [-0.25, -0.2) is 9.78 Å². The first-order chi connectivity index (χ1) is 9.65. The number of thiazole rings is 1. The van der Waals surface area contributed by atoms with Crippen molar-refractivity contribution < 1.29 is 14.7 Å². The van der Waals surface area contributed by atoms with E-state index < -0.39 is 17.9 Å². The van der Waals surface area contributed by atoms with E-state index in [1.165, 1.54) is 11.3 Å². The van der Waals surface area contributed by atoms with Crippen LogP contribution in [0.15, 0.2) is 22.9 Å². The molecule has 5 nitrogen and oxygen atoms in total. The van der Waals surface area contributed by atoms with Crippen LogP contribution in [0.1, 0.15) is 23.3 Å². The molecule has 0 spiro atoms. The summed E-state index contributed by atoms with van der Waals surface area (Å²) in [6.07, 6.45) is 1.71. The van der Waals surface area contributed by atoms with E-state index in [1.54, 1.807) is 16.7 Å². The molecule has 1 aliphatic carbocycles. The minimum absolute atomic E-state index is 0.0619. The van der Waals surface area contributed by atoms with Crippen molar-refractivity contribution in [3.63, 3.8) is 0 Å². The van der Waals surface area contributed by atoms with Crippen molar-refractivity contribution >= 4 is 34.6 Å². The maximum atomic E-state index is 12.0. The maximum Gasteiger partial charge on any atom is 0.326 e. The molecular weight excluding hydrogens is 296 g/mol. The van der Waals surface area contributed by atoms with E-state index in [0.717, 1.165) is 22.7 Å². The third kappa shape index (κ3) is 2.73. The number of carboxylic acids is 1. The van der Waals surface area contributed by atoms with Crippen LogP contribution in [0.2, 0.25) is 0 Å². The number of rotatable bonds is 5. The zero-order chi connectivity index (χ0) is 14.1. The highest BCUT2D eigenvalue weighted by atomic mass is 32.1. The number of hydrogen-bond donors (Lipinski definition) is 2. The first-order valence-electron chi connectivity index (χ1n) is 6.18. The van der Waals surface area contributed by atoms with Crippen LogP contribution in [-0.2, 0) is 4.79 Å². The highest BCUT2D eigenvalue weighted by molar-refractivity contribution is 7.20. The Kier molecular flexibility index (Phi) is 3.54. The number of carbonyl (C=O) groups excluding carboxylic acids is 1. The summed E-state index contributed by atoms with van der Waals surface area (Å²) in [5.74, 6) is -1.33. The van der Waals surface area contributed by atoms with E-state index in [4.69, 9.17) is 5.11 Å². The second kappa shape index (κ2) is 5.34. The van der Waals surface area contributed by atoms with Gasteiger partial charge in [-0.3, -0.25) is 4.79 Å². The van der Waals surface area contributed by atoms with Gasteiger partial charge in [0.25, 0.3) is 5.91 Å². The normalized spacial score (nSPS) is 15.8. The SMILES string of the molecule is O=C(NC(C(=O)O)C1CC1)c1csc(-c2cccs2)n1. The fourth-order valence-corrected chi connectivity index (χ4v) is 3.53. The van der Waals surface area contributed by atoms with E-state index >= 15 is 0 Å². The molecule has 2 N–H and O–H groups in total. The van der Waals surface area contributed by atoms with Crippen LogP contribution < -0.4 is 5.32 Å². The third-order valence-corrected chi connectivity index (χ3v) is 5.00. The quantitative estimate of drug-likeness (QED) is 0.889. The predicted molar refractivity (Wildman–Crippen MR) is 77.0 cm³/mol. The van der Waals surface area contributed by atoms with Gasteiger partial charge in [-0.1, -0.05) is 6.07 Å². The van der Waals surface area contributed by atoms with Crippen molar-refractivity contribution in [2.45, 2.75) is 18.9 Å².